The molecule has 1 amide bonds. The first kappa shape index (κ1) is 17.3. The first-order chi connectivity index (χ1) is 11.1. The molecule has 5 heteroatoms. The van der Waals surface area contributed by atoms with Crippen molar-refractivity contribution in [1.82, 2.24) is 9.80 Å². The number of terminal acetylenes is 1. The van der Waals surface area contributed by atoms with Gasteiger partial charge in [0, 0.05) is 37.8 Å². The Hall–Kier alpha value is -2.03. The lowest BCUT2D eigenvalue weighted by molar-refractivity contribution is 0.0800. The van der Waals surface area contributed by atoms with Crippen molar-refractivity contribution in [2.45, 2.75) is 31.8 Å². The van der Waals surface area contributed by atoms with Crippen LogP contribution in [0.3, 0.4) is 0 Å². The van der Waals surface area contributed by atoms with E-state index >= 15 is 0 Å². The molecule has 2 N–H and O–H groups in total. The molecule has 124 valence electrons. The van der Waals surface area contributed by atoms with Gasteiger partial charge in [0.05, 0.1) is 6.61 Å². The minimum Gasteiger partial charge on any atom is -0.465 e. The summed E-state index contributed by atoms with van der Waals surface area (Å²) >= 11 is 0. The van der Waals surface area contributed by atoms with Crippen LogP contribution in [0.5, 0.6) is 0 Å². The summed E-state index contributed by atoms with van der Waals surface area (Å²) < 4.78 is 0. The second-order valence-corrected chi connectivity index (χ2v) is 5.93. The number of piperidine rings is 1. The van der Waals surface area contributed by atoms with E-state index in [1.165, 1.54) is 4.90 Å². The number of benzene rings is 1. The number of carboxylic acid groups (broad SMARTS) is 1. The Labute approximate surface area is 137 Å². The fourth-order valence-corrected chi connectivity index (χ4v) is 3.08. The third-order valence-corrected chi connectivity index (χ3v) is 4.28. The second kappa shape index (κ2) is 8.56. The summed E-state index contributed by atoms with van der Waals surface area (Å²) in [6.45, 7) is 2.51. The Kier molecular flexibility index (Phi) is 6.45. The van der Waals surface area contributed by atoms with Crippen molar-refractivity contribution in [2.75, 3.05) is 26.2 Å². The molecule has 1 aliphatic rings. The molecule has 23 heavy (non-hydrogen) atoms. The van der Waals surface area contributed by atoms with Gasteiger partial charge >= 0.3 is 6.09 Å². The van der Waals surface area contributed by atoms with Crippen molar-refractivity contribution in [2.24, 2.45) is 0 Å². The van der Waals surface area contributed by atoms with Gasteiger partial charge in [0.2, 0.25) is 0 Å². The average molecular weight is 316 g/mol. The Morgan fingerprint density at radius 3 is 2.70 bits per heavy atom. The predicted octanol–water partition coefficient (Wildman–Crippen LogP) is 1.99. The predicted molar refractivity (Wildman–Crippen MR) is 89.1 cm³/mol. The number of hydrogen-bond acceptors (Lipinski definition) is 3. The summed E-state index contributed by atoms with van der Waals surface area (Å²) in [6, 6.07) is 7.76. The fourth-order valence-electron chi connectivity index (χ4n) is 3.08. The lowest BCUT2D eigenvalue weighted by Crippen LogP contribution is -2.49. The van der Waals surface area contributed by atoms with Gasteiger partial charge in [-0.1, -0.05) is 18.1 Å². The number of nitrogens with zero attached hydrogens (tertiary/aromatic N) is 2. The first-order valence-electron chi connectivity index (χ1n) is 8.02. The largest absolute Gasteiger partial charge is 0.465 e. The van der Waals surface area contributed by atoms with Crippen molar-refractivity contribution >= 4 is 6.09 Å². The molecule has 1 heterocycles. The van der Waals surface area contributed by atoms with Gasteiger partial charge in [0.25, 0.3) is 0 Å². The van der Waals surface area contributed by atoms with Gasteiger partial charge in [0.1, 0.15) is 0 Å². The van der Waals surface area contributed by atoms with Gasteiger partial charge in [-0.3, -0.25) is 4.90 Å². The number of rotatable bonds is 6. The molecule has 0 aliphatic carbocycles. The molecule has 2 rings (SSSR count). The minimum atomic E-state index is -0.850. The fraction of sp³-hybridized carbons (Fsp3) is 0.500. The van der Waals surface area contributed by atoms with Gasteiger partial charge in [-0.05, 0) is 37.0 Å². The summed E-state index contributed by atoms with van der Waals surface area (Å²) in [5, 5.41) is 18.6. The standard InChI is InChI=1S/C18H24N2O3/c1-2-15-6-8-16(9-7-15)13-19(11-12-21)14-17-5-3-4-10-20(17)18(22)23/h1,6-9,17,21H,3-5,10-14H2,(H,22,23). The molecule has 1 aromatic carbocycles. The van der Waals surface area contributed by atoms with E-state index < -0.39 is 6.09 Å². The number of carbonyl (C=O) groups is 1. The van der Waals surface area contributed by atoms with E-state index in [9.17, 15) is 15.0 Å². The first-order valence-corrected chi connectivity index (χ1v) is 8.02. The van der Waals surface area contributed by atoms with Crippen LogP contribution in [-0.2, 0) is 6.54 Å². The summed E-state index contributed by atoms with van der Waals surface area (Å²) in [6.07, 6.45) is 7.37. The van der Waals surface area contributed by atoms with Gasteiger partial charge in [-0.25, -0.2) is 4.79 Å². The van der Waals surface area contributed by atoms with Crippen LogP contribution >= 0.6 is 0 Å². The smallest absolute Gasteiger partial charge is 0.407 e. The van der Waals surface area contributed by atoms with Crippen LogP contribution in [-0.4, -0.2) is 58.4 Å². The Balaban J connectivity index is 2.02. The van der Waals surface area contributed by atoms with Crippen molar-refractivity contribution in [3.05, 3.63) is 35.4 Å². The average Bonchev–Trinajstić information content (AvgIpc) is 2.56. The van der Waals surface area contributed by atoms with E-state index in [0.717, 1.165) is 30.4 Å². The van der Waals surface area contributed by atoms with Crippen LogP contribution in [0.25, 0.3) is 0 Å². The normalized spacial score (nSPS) is 18.0. The van der Waals surface area contributed by atoms with E-state index in [0.29, 0.717) is 26.2 Å². The van der Waals surface area contributed by atoms with Crippen molar-refractivity contribution in [1.29, 1.82) is 0 Å². The van der Waals surface area contributed by atoms with Gasteiger partial charge in [-0.15, -0.1) is 6.42 Å². The molecule has 1 fully saturated rings. The van der Waals surface area contributed by atoms with E-state index in [1.807, 2.05) is 24.3 Å². The highest BCUT2D eigenvalue weighted by Crippen LogP contribution is 2.19. The van der Waals surface area contributed by atoms with Gasteiger partial charge < -0.3 is 15.1 Å². The zero-order valence-electron chi connectivity index (χ0n) is 13.3. The molecule has 0 radical (unpaired) electrons. The molecule has 0 aromatic heterocycles. The number of aliphatic hydroxyl groups excluding tert-OH is 1. The number of aliphatic hydroxyl groups is 1. The number of likely N-dealkylation sites (tertiary alicyclic amines) is 1. The molecule has 1 atom stereocenters. The van der Waals surface area contributed by atoms with Gasteiger partial charge in [0.15, 0.2) is 0 Å². The maximum atomic E-state index is 11.4. The maximum absolute atomic E-state index is 11.4. The van der Waals surface area contributed by atoms with E-state index in [4.69, 9.17) is 6.42 Å². The van der Waals surface area contributed by atoms with Crippen molar-refractivity contribution < 1.29 is 15.0 Å². The Morgan fingerprint density at radius 2 is 2.09 bits per heavy atom. The molecular weight excluding hydrogens is 292 g/mol. The molecule has 5 nitrogen and oxygen atoms in total. The van der Waals surface area contributed by atoms with E-state index in [1.54, 1.807) is 0 Å². The quantitative estimate of drug-likeness (QED) is 0.788. The van der Waals surface area contributed by atoms with Gasteiger partial charge in [-0.2, -0.15) is 0 Å². The highest BCUT2D eigenvalue weighted by molar-refractivity contribution is 5.65. The molecule has 0 bridgehead atoms. The molecule has 0 saturated carbocycles. The maximum Gasteiger partial charge on any atom is 0.407 e. The summed E-state index contributed by atoms with van der Waals surface area (Å²) in [5.41, 5.74) is 1.95. The van der Waals surface area contributed by atoms with E-state index in [2.05, 4.69) is 10.8 Å². The van der Waals surface area contributed by atoms with Crippen LogP contribution in [0.4, 0.5) is 4.79 Å². The SMILES string of the molecule is C#Cc1ccc(CN(CCO)CC2CCCCN2C(=O)O)cc1. The van der Waals surface area contributed by atoms with Crippen LogP contribution < -0.4 is 0 Å². The lowest BCUT2D eigenvalue weighted by atomic mass is 10.0. The van der Waals surface area contributed by atoms with Crippen molar-refractivity contribution in [3.8, 4) is 12.3 Å². The zero-order valence-corrected chi connectivity index (χ0v) is 13.3. The molecule has 1 saturated heterocycles. The van der Waals surface area contributed by atoms with E-state index in [-0.39, 0.29) is 12.6 Å². The van der Waals surface area contributed by atoms with Crippen LogP contribution in [0.15, 0.2) is 24.3 Å². The molecule has 1 aromatic rings. The molecule has 0 spiro atoms. The minimum absolute atomic E-state index is 0.00205. The zero-order chi connectivity index (χ0) is 16.7. The lowest BCUT2D eigenvalue weighted by Gasteiger charge is -2.37. The van der Waals surface area contributed by atoms with Crippen molar-refractivity contribution in [3.63, 3.8) is 0 Å². The summed E-state index contributed by atoms with van der Waals surface area (Å²) in [7, 11) is 0. The van der Waals surface area contributed by atoms with Crippen LogP contribution in [0, 0.1) is 12.3 Å². The van der Waals surface area contributed by atoms with Crippen LogP contribution in [0.2, 0.25) is 0 Å². The monoisotopic (exact) mass is 316 g/mol. The molecular formula is C18H24N2O3. The van der Waals surface area contributed by atoms with Crippen LogP contribution in [0.1, 0.15) is 30.4 Å². The number of hydrogen-bond donors (Lipinski definition) is 2. The Bertz CT molecular complexity index is 550. The third-order valence-electron chi connectivity index (χ3n) is 4.28. The third kappa shape index (κ3) is 4.98. The highest BCUT2D eigenvalue weighted by Gasteiger charge is 2.27. The number of amides is 1. The second-order valence-electron chi connectivity index (χ2n) is 5.93. The summed E-state index contributed by atoms with van der Waals surface area (Å²) in [5.74, 6) is 2.59. The Morgan fingerprint density at radius 1 is 1.35 bits per heavy atom. The summed E-state index contributed by atoms with van der Waals surface area (Å²) in [4.78, 5) is 15.0. The molecule has 1 aliphatic heterocycles. The highest BCUT2D eigenvalue weighted by atomic mass is 16.4. The molecule has 1 unspecified atom stereocenters. The topological polar surface area (TPSA) is 64.0 Å².